The molecule has 0 spiro atoms. The van der Waals surface area contributed by atoms with Crippen LogP contribution in [0.3, 0.4) is 0 Å². The predicted molar refractivity (Wildman–Crippen MR) is 86.3 cm³/mol. The summed E-state index contributed by atoms with van der Waals surface area (Å²) in [5.74, 6) is 1.46. The standard InChI is InChI=1S/C18H17ClO3/c1-21-16-6-3-2-5-12(16)11-14-13(17-7-4-10-22-17)8-9-15(19)18(14)20/h2-7,10-11,13,15H,8-9H2,1H3. The average Bonchev–Trinajstić information content (AvgIpc) is 3.06. The van der Waals surface area contributed by atoms with Gasteiger partial charge in [0.15, 0.2) is 5.78 Å². The maximum Gasteiger partial charge on any atom is 0.177 e. The number of Topliss-reactive ketones (excluding diaryl/α,β-unsaturated/α-hetero) is 1. The van der Waals surface area contributed by atoms with Crippen LogP contribution >= 0.6 is 11.6 Å². The van der Waals surface area contributed by atoms with E-state index in [2.05, 4.69) is 0 Å². The molecule has 2 atom stereocenters. The number of methoxy groups -OCH3 is 1. The maximum absolute atomic E-state index is 12.6. The Hall–Kier alpha value is -2.00. The van der Waals surface area contributed by atoms with Crippen LogP contribution in [0.5, 0.6) is 5.75 Å². The summed E-state index contributed by atoms with van der Waals surface area (Å²) in [6.07, 6.45) is 4.97. The molecule has 0 N–H and O–H groups in total. The van der Waals surface area contributed by atoms with Crippen molar-refractivity contribution in [3.8, 4) is 5.75 Å². The van der Waals surface area contributed by atoms with Crippen molar-refractivity contribution in [1.82, 2.24) is 0 Å². The molecule has 22 heavy (non-hydrogen) atoms. The number of para-hydroxylation sites is 1. The van der Waals surface area contributed by atoms with Gasteiger partial charge in [-0.15, -0.1) is 11.6 Å². The highest BCUT2D eigenvalue weighted by Gasteiger charge is 2.34. The summed E-state index contributed by atoms with van der Waals surface area (Å²) in [5.41, 5.74) is 1.56. The van der Waals surface area contributed by atoms with Gasteiger partial charge in [-0.3, -0.25) is 4.79 Å². The number of allylic oxidation sites excluding steroid dienone is 1. The van der Waals surface area contributed by atoms with Gasteiger partial charge in [-0.1, -0.05) is 18.2 Å². The zero-order chi connectivity index (χ0) is 15.5. The van der Waals surface area contributed by atoms with E-state index in [-0.39, 0.29) is 11.7 Å². The number of halogens is 1. The molecule has 1 aliphatic rings. The summed E-state index contributed by atoms with van der Waals surface area (Å²) in [6.45, 7) is 0. The lowest BCUT2D eigenvalue weighted by atomic mass is 9.80. The number of rotatable bonds is 3. The Labute approximate surface area is 134 Å². The SMILES string of the molecule is COc1ccccc1C=C1C(=O)C(Cl)CCC1c1ccco1. The number of alkyl halides is 1. The van der Waals surface area contributed by atoms with Gasteiger partial charge in [0.25, 0.3) is 0 Å². The van der Waals surface area contributed by atoms with Gasteiger partial charge in [-0.05, 0) is 37.1 Å². The highest BCUT2D eigenvalue weighted by molar-refractivity contribution is 6.34. The molecule has 4 heteroatoms. The number of furan rings is 1. The van der Waals surface area contributed by atoms with E-state index in [9.17, 15) is 4.79 Å². The van der Waals surface area contributed by atoms with Crippen molar-refractivity contribution in [2.24, 2.45) is 0 Å². The maximum atomic E-state index is 12.6. The van der Waals surface area contributed by atoms with Crippen LogP contribution in [-0.4, -0.2) is 18.3 Å². The van der Waals surface area contributed by atoms with Gasteiger partial charge in [0.05, 0.1) is 18.8 Å². The second kappa shape index (κ2) is 6.41. The smallest absolute Gasteiger partial charge is 0.177 e. The lowest BCUT2D eigenvalue weighted by Gasteiger charge is -2.26. The minimum Gasteiger partial charge on any atom is -0.496 e. The summed E-state index contributed by atoms with van der Waals surface area (Å²) < 4.78 is 10.9. The van der Waals surface area contributed by atoms with E-state index < -0.39 is 5.38 Å². The van der Waals surface area contributed by atoms with Gasteiger partial charge in [0, 0.05) is 17.1 Å². The van der Waals surface area contributed by atoms with E-state index in [1.165, 1.54) is 0 Å². The minimum absolute atomic E-state index is 0.0276. The molecule has 0 bridgehead atoms. The summed E-state index contributed by atoms with van der Waals surface area (Å²) in [4.78, 5) is 12.6. The van der Waals surface area contributed by atoms with Crippen molar-refractivity contribution in [2.45, 2.75) is 24.1 Å². The number of hydrogen-bond acceptors (Lipinski definition) is 3. The van der Waals surface area contributed by atoms with Crippen LogP contribution in [-0.2, 0) is 4.79 Å². The number of ketones is 1. The summed E-state index contributed by atoms with van der Waals surface area (Å²) in [5, 5.41) is -0.466. The van der Waals surface area contributed by atoms with Crippen LogP contribution in [0.2, 0.25) is 0 Å². The van der Waals surface area contributed by atoms with Crippen LogP contribution in [0.15, 0.2) is 52.7 Å². The molecule has 1 heterocycles. The summed E-state index contributed by atoms with van der Waals surface area (Å²) >= 11 is 6.18. The zero-order valence-electron chi connectivity index (χ0n) is 12.3. The molecule has 2 unspecified atom stereocenters. The normalized spacial score (nSPS) is 23.7. The molecule has 2 aromatic rings. The fourth-order valence-electron chi connectivity index (χ4n) is 2.86. The predicted octanol–water partition coefficient (Wildman–Crippen LogP) is 4.43. The fraction of sp³-hybridized carbons (Fsp3) is 0.278. The van der Waals surface area contributed by atoms with Gasteiger partial charge < -0.3 is 9.15 Å². The van der Waals surface area contributed by atoms with Crippen molar-refractivity contribution in [3.05, 3.63) is 59.6 Å². The zero-order valence-corrected chi connectivity index (χ0v) is 13.0. The van der Waals surface area contributed by atoms with E-state index >= 15 is 0 Å². The van der Waals surface area contributed by atoms with E-state index in [0.717, 1.165) is 23.5 Å². The molecule has 1 aromatic heterocycles. The van der Waals surface area contributed by atoms with Gasteiger partial charge in [0.2, 0.25) is 0 Å². The highest BCUT2D eigenvalue weighted by atomic mass is 35.5. The van der Waals surface area contributed by atoms with Crippen molar-refractivity contribution in [3.63, 3.8) is 0 Å². The second-order valence-corrected chi connectivity index (χ2v) is 5.85. The molecule has 114 valence electrons. The van der Waals surface area contributed by atoms with Crippen molar-refractivity contribution in [2.75, 3.05) is 7.11 Å². The molecule has 1 aliphatic carbocycles. The topological polar surface area (TPSA) is 39.4 Å². The molecule has 3 rings (SSSR count). The highest BCUT2D eigenvalue weighted by Crippen LogP contribution is 2.39. The minimum atomic E-state index is -0.466. The third kappa shape index (κ3) is 2.81. The number of ether oxygens (including phenoxy) is 1. The molecule has 0 aliphatic heterocycles. The second-order valence-electron chi connectivity index (χ2n) is 5.32. The van der Waals surface area contributed by atoms with Crippen molar-refractivity contribution in [1.29, 1.82) is 0 Å². The Bertz CT molecular complexity index is 688. The third-order valence-corrected chi connectivity index (χ3v) is 4.41. The number of carbonyl (C=O) groups excluding carboxylic acids is 1. The first-order valence-corrected chi connectivity index (χ1v) is 7.70. The molecule has 1 fully saturated rings. The lowest BCUT2D eigenvalue weighted by Crippen LogP contribution is -2.27. The Balaban J connectivity index is 2.05. The van der Waals surface area contributed by atoms with Crippen molar-refractivity contribution < 1.29 is 13.9 Å². The third-order valence-electron chi connectivity index (χ3n) is 3.99. The van der Waals surface area contributed by atoms with Crippen LogP contribution in [0.4, 0.5) is 0 Å². The fourth-order valence-corrected chi connectivity index (χ4v) is 3.11. The Morgan fingerprint density at radius 2 is 2.05 bits per heavy atom. The first-order chi connectivity index (χ1) is 10.7. The monoisotopic (exact) mass is 316 g/mol. The Kier molecular flexibility index (Phi) is 4.34. The molecule has 0 radical (unpaired) electrons. The molecule has 0 amide bonds. The van der Waals surface area contributed by atoms with Crippen LogP contribution < -0.4 is 4.74 Å². The molecule has 1 aromatic carbocycles. The lowest BCUT2D eigenvalue weighted by molar-refractivity contribution is -0.116. The molecule has 1 saturated carbocycles. The number of carbonyl (C=O) groups is 1. The number of benzene rings is 1. The molecule has 0 saturated heterocycles. The van der Waals surface area contributed by atoms with Gasteiger partial charge in [-0.25, -0.2) is 0 Å². The van der Waals surface area contributed by atoms with Crippen LogP contribution in [0.25, 0.3) is 6.08 Å². The average molecular weight is 317 g/mol. The van der Waals surface area contributed by atoms with E-state index in [1.54, 1.807) is 13.4 Å². The summed E-state index contributed by atoms with van der Waals surface area (Å²) in [7, 11) is 1.62. The summed E-state index contributed by atoms with van der Waals surface area (Å²) in [6, 6.07) is 11.4. The van der Waals surface area contributed by atoms with Gasteiger partial charge >= 0.3 is 0 Å². The van der Waals surface area contributed by atoms with E-state index in [1.807, 2.05) is 42.5 Å². The molecular formula is C18H17ClO3. The first kappa shape index (κ1) is 14.9. The van der Waals surface area contributed by atoms with Gasteiger partial charge in [0.1, 0.15) is 11.5 Å². The van der Waals surface area contributed by atoms with Crippen LogP contribution in [0, 0.1) is 0 Å². The van der Waals surface area contributed by atoms with E-state index in [4.69, 9.17) is 20.8 Å². The van der Waals surface area contributed by atoms with Crippen molar-refractivity contribution >= 4 is 23.5 Å². The van der Waals surface area contributed by atoms with Gasteiger partial charge in [-0.2, -0.15) is 0 Å². The quantitative estimate of drug-likeness (QED) is 0.621. The first-order valence-electron chi connectivity index (χ1n) is 7.27. The molecule has 3 nitrogen and oxygen atoms in total. The Morgan fingerprint density at radius 1 is 1.23 bits per heavy atom. The Morgan fingerprint density at radius 3 is 2.77 bits per heavy atom. The van der Waals surface area contributed by atoms with Crippen LogP contribution in [0.1, 0.15) is 30.1 Å². The largest absolute Gasteiger partial charge is 0.496 e. The molecular weight excluding hydrogens is 300 g/mol. The number of hydrogen-bond donors (Lipinski definition) is 0. The van der Waals surface area contributed by atoms with E-state index in [0.29, 0.717) is 12.0 Å².